The zero-order valence-electron chi connectivity index (χ0n) is 10.9. The summed E-state index contributed by atoms with van der Waals surface area (Å²) in [5, 5.41) is 2.17. The van der Waals surface area contributed by atoms with Crippen LogP contribution in [0.3, 0.4) is 0 Å². The summed E-state index contributed by atoms with van der Waals surface area (Å²) in [6.07, 6.45) is 1.69. The van der Waals surface area contributed by atoms with E-state index in [0.29, 0.717) is 10.0 Å². The molecule has 2 rings (SSSR count). The van der Waals surface area contributed by atoms with Crippen LogP contribution in [0.1, 0.15) is 34.1 Å². The Kier molecular flexibility index (Phi) is 4.85. The SMILES string of the molecule is CCc1nc(CC(N)c2ccc(Cl)c(Cl)c2)sc1C. The molecule has 5 heteroatoms. The number of aryl methyl sites for hydroxylation is 2. The van der Waals surface area contributed by atoms with Crippen molar-refractivity contribution in [1.29, 1.82) is 0 Å². The second-order valence-corrected chi connectivity index (χ2v) is 6.55. The van der Waals surface area contributed by atoms with Gasteiger partial charge >= 0.3 is 0 Å². The first kappa shape index (κ1) is 14.8. The van der Waals surface area contributed by atoms with Gasteiger partial charge in [0.25, 0.3) is 0 Å². The maximum Gasteiger partial charge on any atom is 0.0949 e. The fourth-order valence-electron chi connectivity index (χ4n) is 1.95. The Balaban J connectivity index is 2.15. The molecule has 0 saturated heterocycles. The van der Waals surface area contributed by atoms with Crippen LogP contribution in [0.2, 0.25) is 10.0 Å². The Morgan fingerprint density at radius 3 is 2.63 bits per heavy atom. The lowest BCUT2D eigenvalue weighted by Gasteiger charge is -2.11. The lowest BCUT2D eigenvalue weighted by molar-refractivity contribution is 0.715. The minimum atomic E-state index is -0.106. The number of nitrogens with zero attached hydrogens (tertiary/aromatic N) is 1. The van der Waals surface area contributed by atoms with E-state index in [4.69, 9.17) is 28.9 Å². The van der Waals surface area contributed by atoms with Crippen LogP contribution < -0.4 is 5.73 Å². The monoisotopic (exact) mass is 314 g/mol. The molecule has 0 saturated carbocycles. The van der Waals surface area contributed by atoms with Gasteiger partial charge in [0.15, 0.2) is 0 Å². The number of hydrogen-bond acceptors (Lipinski definition) is 3. The highest BCUT2D eigenvalue weighted by atomic mass is 35.5. The standard InChI is InChI=1S/C14H16Cl2N2S/c1-3-13-8(2)19-14(18-13)7-12(17)9-4-5-10(15)11(16)6-9/h4-6,12H,3,7,17H2,1-2H3. The van der Waals surface area contributed by atoms with Crippen LogP contribution in [-0.2, 0) is 12.8 Å². The van der Waals surface area contributed by atoms with E-state index in [1.165, 1.54) is 10.6 Å². The molecule has 2 aromatic rings. The molecule has 0 bridgehead atoms. The Morgan fingerprint density at radius 1 is 1.32 bits per heavy atom. The van der Waals surface area contributed by atoms with Gasteiger partial charge in [-0.3, -0.25) is 0 Å². The molecule has 1 aromatic carbocycles. The van der Waals surface area contributed by atoms with Crippen LogP contribution in [0.15, 0.2) is 18.2 Å². The summed E-state index contributed by atoms with van der Waals surface area (Å²) in [4.78, 5) is 5.89. The highest BCUT2D eigenvalue weighted by Crippen LogP contribution is 2.27. The molecule has 1 atom stereocenters. The molecule has 1 aromatic heterocycles. The van der Waals surface area contributed by atoms with Gasteiger partial charge in [0.2, 0.25) is 0 Å². The summed E-state index contributed by atoms with van der Waals surface area (Å²) in [6.45, 7) is 4.22. The average molecular weight is 315 g/mol. The van der Waals surface area contributed by atoms with Gasteiger partial charge in [0.05, 0.1) is 20.7 Å². The van der Waals surface area contributed by atoms with Crippen LogP contribution in [-0.4, -0.2) is 4.98 Å². The van der Waals surface area contributed by atoms with Crippen molar-refractivity contribution in [2.45, 2.75) is 32.7 Å². The van der Waals surface area contributed by atoms with Crippen molar-refractivity contribution in [1.82, 2.24) is 4.98 Å². The summed E-state index contributed by atoms with van der Waals surface area (Å²) >= 11 is 13.6. The summed E-state index contributed by atoms with van der Waals surface area (Å²) in [7, 11) is 0. The molecule has 0 amide bonds. The number of halogens is 2. The molecular formula is C14H16Cl2N2S. The van der Waals surface area contributed by atoms with E-state index >= 15 is 0 Å². The Bertz CT molecular complexity index is 581. The Hall–Kier alpha value is -0.610. The van der Waals surface area contributed by atoms with Gasteiger partial charge in [-0.05, 0) is 31.0 Å². The third-order valence-electron chi connectivity index (χ3n) is 3.04. The second-order valence-electron chi connectivity index (χ2n) is 4.45. The van der Waals surface area contributed by atoms with Crippen molar-refractivity contribution in [2.24, 2.45) is 5.73 Å². The lowest BCUT2D eigenvalue weighted by Crippen LogP contribution is -2.13. The first-order chi connectivity index (χ1) is 9.01. The van der Waals surface area contributed by atoms with Gasteiger partial charge in [-0.1, -0.05) is 36.2 Å². The van der Waals surface area contributed by atoms with E-state index < -0.39 is 0 Å². The van der Waals surface area contributed by atoms with Crippen molar-refractivity contribution >= 4 is 34.5 Å². The van der Waals surface area contributed by atoms with Crippen LogP contribution in [0.4, 0.5) is 0 Å². The average Bonchev–Trinajstić information content (AvgIpc) is 2.72. The molecule has 0 fully saturated rings. The smallest absolute Gasteiger partial charge is 0.0949 e. The van der Waals surface area contributed by atoms with E-state index in [0.717, 1.165) is 23.4 Å². The van der Waals surface area contributed by atoms with Crippen molar-refractivity contribution in [3.05, 3.63) is 49.4 Å². The number of hydrogen-bond donors (Lipinski definition) is 1. The molecule has 1 unspecified atom stereocenters. The Labute approximate surface area is 127 Å². The number of aromatic nitrogens is 1. The summed E-state index contributed by atoms with van der Waals surface area (Å²) < 4.78 is 0. The van der Waals surface area contributed by atoms with Crippen LogP contribution in [0.25, 0.3) is 0 Å². The van der Waals surface area contributed by atoms with Crippen LogP contribution >= 0.6 is 34.5 Å². The fraction of sp³-hybridized carbons (Fsp3) is 0.357. The normalized spacial score (nSPS) is 12.7. The van der Waals surface area contributed by atoms with Crippen molar-refractivity contribution in [3.63, 3.8) is 0 Å². The zero-order valence-corrected chi connectivity index (χ0v) is 13.2. The van der Waals surface area contributed by atoms with Crippen LogP contribution in [0.5, 0.6) is 0 Å². The highest BCUT2D eigenvalue weighted by molar-refractivity contribution is 7.11. The van der Waals surface area contributed by atoms with Crippen LogP contribution in [0, 0.1) is 6.92 Å². The molecule has 0 aliphatic carbocycles. The third kappa shape index (κ3) is 3.48. The van der Waals surface area contributed by atoms with Crippen molar-refractivity contribution in [2.75, 3.05) is 0 Å². The van der Waals surface area contributed by atoms with Gasteiger partial charge in [-0.15, -0.1) is 11.3 Å². The molecule has 2 N–H and O–H groups in total. The molecule has 19 heavy (non-hydrogen) atoms. The molecule has 1 heterocycles. The van der Waals surface area contributed by atoms with E-state index in [-0.39, 0.29) is 6.04 Å². The van der Waals surface area contributed by atoms with Crippen molar-refractivity contribution in [3.8, 4) is 0 Å². The van der Waals surface area contributed by atoms with Gasteiger partial charge in [-0.25, -0.2) is 4.98 Å². The zero-order chi connectivity index (χ0) is 14.0. The second kappa shape index (κ2) is 6.23. The maximum absolute atomic E-state index is 6.21. The lowest BCUT2D eigenvalue weighted by atomic mass is 10.1. The number of thiazole rings is 1. The molecular weight excluding hydrogens is 299 g/mol. The summed E-state index contributed by atoms with van der Waals surface area (Å²) in [5.74, 6) is 0. The number of rotatable bonds is 4. The van der Waals surface area contributed by atoms with Gasteiger partial charge < -0.3 is 5.73 Å². The molecule has 2 nitrogen and oxygen atoms in total. The first-order valence-corrected chi connectivity index (χ1v) is 7.74. The minimum Gasteiger partial charge on any atom is -0.324 e. The summed E-state index contributed by atoms with van der Waals surface area (Å²) in [5.41, 5.74) is 8.37. The van der Waals surface area contributed by atoms with E-state index in [1.807, 2.05) is 12.1 Å². The molecule has 0 aliphatic rings. The molecule has 0 spiro atoms. The molecule has 102 valence electrons. The molecule has 0 aliphatic heterocycles. The third-order valence-corrected chi connectivity index (χ3v) is 4.81. The van der Waals surface area contributed by atoms with E-state index in [2.05, 4.69) is 18.8 Å². The van der Waals surface area contributed by atoms with E-state index in [1.54, 1.807) is 17.4 Å². The van der Waals surface area contributed by atoms with Crippen molar-refractivity contribution < 1.29 is 0 Å². The van der Waals surface area contributed by atoms with Gasteiger partial charge in [0.1, 0.15) is 0 Å². The predicted octanol–water partition coefficient (Wildman–Crippen LogP) is 4.56. The van der Waals surface area contributed by atoms with Gasteiger partial charge in [0, 0.05) is 17.3 Å². The maximum atomic E-state index is 6.21. The highest BCUT2D eigenvalue weighted by Gasteiger charge is 2.13. The first-order valence-electron chi connectivity index (χ1n) is 6.17. The predicted molar refractivity (Wildman–Crippen MR) is 83.3 cm³/mol. The summed E-state index contributed by atoms with van der Waals surface area (Å²) in [6, 6.07) is 5.42. The fourth-order valence-corrected chi connectivity index (χ4v) is 3.34. The van der Waals surface area contributed by atoms with Gasteiger partial charge in [-0.2, -0.15) is 0 Å². The minimum absolute atomic E-state index is 0.106. The number of nitrogens with two attached hydrogens (primary N) is 1. The Morgan fingerprint density at radius 2 is 2.05 bits per heavy atom. The van der Waals surface area contributed by atoms with E-state index in [9.17, 15) is 0 Å². The topological polar surface area (TPSA) is 38.9 Å². The quantitative estimate of drug-likeness (QED) is 0.898. The molecule has 0 radical (unpaired) electrons. The largest absolute Gasteiger partial charge is 0.324 e. The number of benzene rings is 1.